The third-order valence-electron chi connectivity index (χ3n) is 4.13. The summed E-state index contributed by atoms with van der Waals surface area (Å²) >= 11 is 0. The molecule has 0 aliphatic carbocycles. The van der Waals surface area contributed by atoms with Gasteiger partial charge in [0.1, 0.15) is 0 Å². The monoisotopic (exact) mass is 313 g/mol. The summed E-state index contributed by atoms with van der Waals surface area (Å²) in [6.07, 6.45) is 3.78. The topological polar surface area (TPSA) is 53.4 Å². The first-order valence-electron chi connectivity index (χ1n) is 8.03. The summed E-state index contributed by atoms with van der Waals surface area (Å²) in [5, 5.41) is 7.19. The molecule has 1 fully saturated rings. The van der Waals surface area contributed by atoms with Crippen LogP contribution in [0.5, 0.6) is 0 Å². The number of aryl methyl sites for hydroxylation is 1. The molecule has 2 aromatic rings. The number of nitrogens with zero attached hydrogens (tertiary/aromatic N) is 4. The molecule has 6 nitrogen and oxygen atoms in total. The standard InChI is InChI=1S/C17H23N5O/c1-15-4-2-5-16(14-15)19-17(23)21-11-8-20(9-12-21)10-13-22-7-3-6-18-22/h2-7,14H,8-13H2,1H3,(H,19,23). The summed E-state index contributed by atoms with van der Waals surface area (Å²) in [5.41, 5.74) is 2.00. The fraction of sp³-hybridized carbons (Fsp3) is 0.412. The summed E-state index contributed by atoms with van der Waals surface area (Å²) < 4.78 is 1.94. The lowest BCUT2D eigenvalue weighted by atomic mass is 10.2. The number of benzene rings is 1. The number of rotatable bonds is 4. The molecule has 0 unspecified atom stereocenters. The number of urea groups is 1. The first-order chi connectivity index (χ1) is 11.2. The highest BCUT2D eigenvalue weighted by Gasteiger charge is 2.20. The Kier molecular flexibility index (Phi) is 4.92. The molecule has 0 atom stereocenters. The van der Waals surface area contributed by atoms with Crippen LogP contribution in [0.2, 0.25) is 0 Å². The lowest BCUT2D eigenvalue weighted by Gasteiger charge is -2.34. The van der Waals surface area contributed by atoms with Crippen molar-refractivity contribution >= 4 is 11.7 Å². The predicted molar refractivity (Wildman–Crippen MR) is 90.4 cm³/mol. The van der Waals surface area contributed by atoms with Crippen molar-refractivity contribution in [1.29, 1.82) is 0 Å². The van der Waals surface area contributed by atoms with Gasteiger partial charge in [0.25, 0.3) is 0 Å². The Morgan fingerprint density at radius 3 is 2.70 bits per heavy atom. The molecular formula is C17H23N5O. The molecular weight excluding hydrogens is 290 g/mol. The second-order valence-electron chi connectivity index (χ2n) is 5.90. The van der Waals surface area contributed by atoms with Crippen LogP contribution in [0.3, 0.4) is 0 Å². The molecule has 122 valence electrons. The lowest BCUT2D eigenvalue weighted by molar-refractivity contribution is 0.143. The lowest BCUT2D eigenvalue weighted by Crippen LogP contribution is -2.50. The van der Waals surface area contributed by atoms with Gasteiger partial charge in [-0.2, -0.15) is 5.10 Å². The Hall–Kier alpha value is -2.34. The Balaban J connectivity index is 1.44. The van der Waals surface area contributed by atoms with Crippen LogP contribution in [0.25, 0.3) is 0 Å². The van der Waals surface area contributed by atoms with E-state index in [4.69, 9.17) is 0 Å². The van der Waals surface area contributed by atoms with Gasteiger partial charge in [0.15, 0.2) is 0 Å². The minimum atomic E-state index is -0.0117. The van der Waals surface area contributed by atoms with Crippen molar-refractivity contribution in [2.45, 2.75) is 13.5 Å². The summed E-state index contributed by atoms with van der Waals surface area (Å²) in [6, 6.07) is 9.81. The van der Waals surface area contributed by atoms with Crippen molar-refractivity contribution in [3.8, 4) is 0 Å². The highest BCUT2D eigenvalue weighted by atomic mass is 16.2. The SMILES string of the molecule is Cc1cccc(NC(=O)N2CCN(CCn3cccn3)CC2)c1. The average molecular weight is 313 g/mol. The zero-order valence-electron chi connectivity index (χ0n) is 13.5. The minimum absolute atomic E-state index is 0.0117. The van der Waals surface area contributed by atoms with Crippen LogP contribution in [0.1, 0.15) is 5.56 Å². The van der Waals surface area contributed by atoms with E-state index in [9.17, 15) is 4.79 Å². The number of nitrogens with one attached hydrogen (secondary N) is 1. The molecule has 1 aliphatic rings. The third kappa shape index (κ3) is 4.32. The molecule has 1 N–H and O–H groups in total. The van der Waals surface area contributed by atoms with Gasteiger partial charge in [-0.15, -0.1) is 0 Å². The van der Waals surface area contributed by atoms with Crippen molar-refractivity contribution in [2.24, 2.45) is 0 Å². The number of hydrogen-bond donors (Lipinski definition) is 1. The molecule has 2 heterocycles. The van der Waals surface area contributed by atoms with E-state index in [0.29, 0.717) is 0 Å². The maximum atomic E-state index is 12.3. The van der Waals surface area contributed by atoms with Gasteiger partial charge in [0.2, 0.25) is 0 Å². The van der Waals surface area contributed by atoms with Gasteiger partial charge in [0, 0.05) is 50.8 Å². The first-order valence-corrected chi connectivity index (χ1v) is 8.03. The van der Waals surface area contributed by atoms with Crippen LogP contribution < -0.4 is 5.32 Å². The minimum Gasteiger partial charge on any atom is -0.322 e. The van der Waals surface area contributed by atoms with E-state index in [0.717, 1.165) is 50.5 Å². The zero-order chi connectivity index (χ0) is 16.1. The quantitative estimate of drug-likeness (QED) is 0.940. The van der Waals surface area contributed by atoms with Crippen LogP contribution >= 0.6 is 0 Å². The Morgan fingerprint density at radius 1 is 1.17 bits per heavy atom. The zero-order valence-corrected chi connectivity index (χ0v) is 13.5. The molecule has 0 bridgehead atoms. The van der Waals surface area contributed by atoms with E-state index in [1.165, 1.54) is 0 Å². The average Bonchev–Trinajstić information content (AvgIpc) is 3.07. The fourth-order valence-corrected chi connectivity index (χ4v) is 2.78. The summed E-state index contributed by atoms with van der Waals surface area (Å²) in [6.45, 7) is 7.21. The van der Waals surface area contributed by atoms with Crippen molar-refractivity contribution in [3.05, 3.63) is 48.3 Å². The normalized spacial score (nSPS) is 15.6. The summed E-state index contributed by atoms with van der Waals surface area (Å²) in [7, 11) is 0. The van der Waals surface area contributed by atoms with Gasteiger partial charge in [-0.3, -0.25) is 9.58 Å². The molecule has 3 rings (SSSR count). The van der Waals surface area contributed by atoms with E-state index in [1.807, 2.05) is 53.0 Å². The molecule has 1 saturated heterocycles. The van der Waals surface area contributed by atoms with Gasteiger partial charge in [-0.05, 0) is 30.7 Å². The number of piperazine rings is 1. The number of carbonyl (C=O) groups is 1. The molecule has 1 aromatic carbocycles. The number of amides is 2. The number of hydrogen-bond acceptors (Lipinski definition) is 3. The van der Waals surface area contributed by atoms with Gasteiger partial charge in [-0.1, -0.05) is 12.1 Å². The van der Waals surface area contributed by atoms with Crippen molar-refractivity contribution < 1.29 is 4.79 Å². The van der Waals surface area contributed by atoms with Crippen molar-refractivity contribution in [1.82, 2.24) is 19.6 Å². The first kappa shape index (κ1) is 15.6. The largest absolute Gasteiger partial charge is 0.322 e. The molecule has 0 radical (unpaired) electrons. The fourth-order valence-electron chi connectivity index (χ4n) is 2.78. The molecule has 0 spiro atoms. The molecule has 23 heavy (non-hydrogen) atoms. The summed E-state index contributed by atoms with van der Waals surface area (Å²) in [5.74, 6) is 0. The number of carbonyl (C=O) groups excluding carboxylic acids is 1. The highest BCUT2D eigenvalue weighted by molar-refractivity contribution is 5.89. The van der Waals surface area contributed by atoms with Crippen LogP contribution in [0.4, 0.5) is 10.5 Å². The molecule has 2 amide bonds. The summed E-state index contributed by atoms with van der Waals surface area (Å²) in [4.78, 5) is 16.6. The number of aromatic nitrogens is 2. The van der Waals surface area contributed by atoms with E-state index in [2.05, 4.69) is 15.3 Å². The van der Waals surface area contributed by atoms with Crippen LogP contribution in [0, 0.1) is 6.92 Å². The van der Waals surface area contributed by atoms with E-state index >= 15 is 0 Å². The Labute approximate surface area is 136 Å². The van der Waals surface area contributed by atoms with E-state index in [-0.39, 0.29) is 6.03 Å². The van der Waals surface area contributed by atoms with Gasteiger partial charge in [-0.25, -0.2) is 4.79 Å². The molecule has 6 heteroatoms. The van der Waals surface area contributed by atoms with Gasteiger partial charge in [0.05, 0.1) is 6.54 Å². The van der Waals surface area contributed by atoms with Crippen LogP contribution in [0.15, 0.2) is 42.7 Å². The highest BCUT2D eigenvalue weighted by Crippen LogP contribution is 2.11. The maximum absolute atomic E-state index is 12.3. The van der Waals surface area contributed by atoms with Crippen molar-refractivity contribution in [3.63, 3.8) is 0 Å². The van der Waals surface area contributed by atoms with Crippen LogP contribution in [-0.2, 0) is 6.54 Å². The Bertz CT molecular complexity index is 632. The molecule has 1 aliphatic heterocycles. The third-order valence-corrected chi connectivity index (χ3v) is 4.13. The second kappa shape index (κ2) is 7.28. The second-order valence-corrected chi connectivity index (χ2v) is 5.90. The van der Waals surface area contributed by atoms with Crippen LogP contribution in [-0.4, -0.2) is 58.3 Å². The smallest absolute Gasteiger partial charge is 0.321 e. The Morgan fingerprint density at radius 2 is 2.00 bits per heavy atom. The molecule has 1 aromatic heterocycles. The van der Waals surface area contributed by atoms with Gasteiger partial charge >= 0.3 is 6.03 Å². The van der Waals surface area contributed by atoms with E-state index in [1.54, 1.807) is 6.20 Å². The predicted octanol–water partition coefficient (Wildman–Crippen LogP) is 2.04. The maximum Gasteiger partial charge on any atom is 0.321 e. The van der Waals surface area contributed by atoms with Gasteiger partial charge < -0.3 is 10.2 Å². The number of anilines is 1. The van der Waals surface area contributed by atoms with Crippen molar-refractivity contribution in [2.75, 3.05) is 38.0 Å². The molecule has 0 saturated carbocycles. The van der Waals surface area contributed by atoms with E-state index < -0.39 is 0 Å².